The smallest absolute Gasteiger partial charge is 0.284 e. The van der Waals surface area contributed by atoms with E-state index < -0.39 is 10.0 Å². The first-order valence-electron chi connectivity index (χ1n) is 10.4. The van der Waals surface area contributed by atoms with Gasteiger partial charge in [-0.3, -0.25) is 9.69 Å². The molecule has 0 N–H and O–H groups in total. The molecule has 1 fully saturated rings. The number of para-hydroxylation sites is 1. The molecular formula is C24H24ClN3O3S2. The lowest BCUT2D eigenvalue weighted by Crippen LogP contribution is -2.29. The fourth-order valence-electron chi connectivity index (χ4n) is 4.09. The molecule has 2 aromatic rings. The highest BCUT2D eigenvalue weighted by molar-refractivity contribution is 8.19. The maximum Gasteiger partial charge on any atom is 0.284 e. The zero-order valence-electron chi connectivity index (χ0n) is 18.7. The maximum atomic E-state index is 13.0. The summed E-state index contributed by atoms with van der Waals surface area (Å²) < 4.78 is 29.5. The molecule has 1 amide bonds. The zero-order valence-corrected chi connectivity index (χ0v) is 21.1. The molecule has 1 saturated heterocycles. The van der Waals surface area contributed by atoms with Crippen molar-refractivity contribution in [3.05, 3.63) is 81.9 Å². The average Bonchev–Trinajstić information content (AvgIpc) is 3.16. The van der Waals surface area contributed by atoms with Gasteiger partial charge < -0.3 is 4.90 Å². The van der Waals surface area contributed by atoms with Gasteiger partial charge in [0.15, 0.2) is 5.17 Å². The number of anilines is 1. The quantitative estimate of drug-likeness (QED) is 0.540. The maximum absolute atomic E-state index is 13.0. The largest absolute Gasteiger partial charge is 0.347 e. The number of carbonyl (C=O) groups is 1. The number of amides is 1. The number of likely N-dealkylation sites (N-methyl/N-ethyl adjacent to an activating group) is 2. The third-order valence-electron chi connectivity index (χ3n) is 5.85. The van der Waals surface area contributed by atoms with Crippen LogP contribution >= 0.6 is 23.4 Å². The van der Waals surface area contributed by atoms with E-state index in [1.807, 2.05) is 25.3 Å². The molecule has 0 saturated carbocycles. The summed E-state index contributed by atoms with van der Waals surface area (Å²) in [5.41, 5.74) is 3.17. The van der Waals surface area contributed by atoms with Crippen LogP contribution in [0, 0.1) is 0 Å². The molecule has 172 valence electrons. The molecule has 0 spiro atoms. The Morgan fingerprint density at radius 2 is 1.76 bits per heavy atom. The molecule has 33 heavy (non-hydrogen) atoms. The predicted molar refractivity (Wildman–Crippen MR) is 135 cm³/mol. The van der Waals surface area contributed by atoms with E-state index in [9.17, 15) is 13.2 Å². The Morgan fingerprint density at radius 1 is 1.09 bits per heavy atom. The van der Waals surface area contributed by atoms with E-state index in [0.717, 1.165) is 23.1 Å². The molecule has 2 aliphatic rings. The monoisotopic (exact) mass is 501 g/mol. The number of benzene rings is 2. The van der Waals surface area contributed by atoms with Crippen LogP contribution in [-0.2, 0) is 20.2 Å². The number of halogens is 1. The van der Waals surface area contributed by atoms with Gasteiger partial charge in [0, 0.05) is 35.4 Å². The zero-order chi connectivity index (χ0) is 24.0. The van der Waals surface area contributed by atoms with Crippen LogP contribution in [0.15, 0.2) is 80.6 Å². The van der Waals surface area contributed by atoms with Gasteiger partial charge >= 0.3 is 0 Å². The molecule has 2 aromatic carbocycles. The lowest BCUT2D eigenvalue weighted by Gasteiger charge is -2.23. The second kappa shape index (κ2) is 8.66. The molecule has 0 atom stereocenters. The Morgan fingerprint density at radius 3 is 2.39 bits per heavy atom. The van der Waals surface area contributed by atoms with E-state index in [1.54, 1.807) is 13.0 Å². The molecule has 2 aliphatic heterocycles. The van der Waals surface area contributed by atoms with Gasteiger partial charge in [0.25, 0.3) is 15.9 Å². The molecule has 4 rings (SSSR count). The summed E-state index contributed by atoms with van der Waals surface area (Å²) in [5.74, 6) is -0.264. The van der Waals surface area contributed by atoms with Crippen molar-refractivity contribution < 1.29 is 13.2 Å². The number of sulfonamides is 1. The first-order chi connectivity index (χ1) is 15.6. The van der Waals surface area contributed by atoms with Gasteiger partial charge in [-0.2, -0.15) is 8.42 Å². The van der Waals surface area contributed by atoms with Gasteiger partial charge in [-0.05, 0) is 66.7 Å². The van der Waals surface area contributed by atoms with Crippen molar-refractivity contribution in [1.82, 2.24) is 4.90 Å². The van der Waals surface area contributed by atoms with Crippen LogP contribution in [0.3, 0.4) is 0 Å². The Balaban J connectivity index is 1.68. The molecule has 6 nitrogen and oxygen atoms in total. The molecule has 0 bridgehead atoms. The van der Waals surface area contributed by atoms with Gasteiger partial charge in [0.2, 0.25) is 0 Å². The van der Waals surface area contributed by atoms with Crippen molar-refractivity contribution in [1.29, 1.82) is 0 Å². The summed E-state index contributed by atoms with van der Waals surface area (Å²) in [6.45, 7) is 6.39. The van der Waals surface area contributed by atoms with Crippen molar-refractivity contribution in [3.8, 4) is 0 Å². The summed E-state index contributed by atoms with van der Waals surface area (Å²) in [7, 11) is -1.98. The third-order valence-corrected chi connectivity index (χ3v) is 8.52. The lowest BCUT2D eigenvalue weighted by molar-refractivity contribution is -0.122. The fraction of sp³-hybridized carbons (Fsp3) is 0.250. The summed E-state index contributed by atoms with van der Waals surface area (Å²) >= 11 is 6.92. The van der Waals surface area contributed by atoms with Crippen LogP contribution < -0.4 is 4.90 Å². The Labute approximate surface area is 203 Å². The molecule has 0 aromatic heterocycles. The number of hydrogen-bond donors (Lipinski definition) is 0. The Bertz CT molecular complexity index is 1310. The molecular weight excluding hydrogens is 478 g/mol. The Kier molecular flexibility index (Phi) is 6.20. The van der Waals surface area contributed by atoms with Crippen LogP contribution in [0.2, 0.25) is 5.02 Å². The lowest BCUT2D eigenvalue weighted by atomic mass is 9.84. The summed E-state index contributed by atoms with van der Waals surface area (Å²) in [5, 5.41) is 0.576. The topological polar surface area (TPSA) is 70.1 Å². The fourth-order valence-corrected chi connectivity index (χ4v) is 6.40. The normalized spacial score (nSPS) is 21.5. The van der Waals surface area contributed by atoms with Gasteiger partial charge in [-0.15, -0.1) is 4.40 Å². The molecule has 2 heterocycles. The number of thioether (sulfide) groups is 1. The van der Waals surface area contributed by atoms with Crippen molar-refractivity contribution >= 4 is 50.1 Å². The van der Waals surface area contributed by atoms with Crippen molar-refractivity contribution in [2.24, 2.45) is 4.40 Å². The Hall–Kier alpha value is -2.55. The molecule has 0 radical (unpaired) electrons. The number of allylic oxidation sites excluding steroid dienone is 3. The summed E-state index contributed by atoms with van der Waals surface area (Å²) in [6, 6.07) is 14.0. The SMILES string of the molecule is CCN1C(=O)/C(=C/C=C2/N(C)c3ccccc3C2(C)C)S/C1=N\S(=O)(=O)c1ccc(Cl)cc1. The highest BCUT2D eigenvalue weighted by Crippen LogP contribution is 2.46. The van der Waals surface area contributed by atoms with E-state index in [1.165, 1.54) is 34.7 Å². The predicted octanol–water partition coefficient (Wildman–Crippen LogP) is 5.18. The van der Waals surface area contributed by atoms with E-state index >= 15 is 0 Å². The second-order valence-electron chi connectivity index (χ2n) is 8.24. The first-order valence-corrected chi connectivity index (χ1v) is 13.1. The number of amidine groups is 1. The van der Waals surface area contributed by atoms with E-state index in [4.69, 9.17) is 11.6 Å². The molecule has 9 heteroatoms. The summed E-state index contributed by atoms with van der Waals surface area (Å²) in [4.78, 5) is 16.9. The van der Waals surface area contributed by atoms with E-state index in [0.29, 0.717) is 16.5 Å². The van der Waals surface area contributed by atoms with Gasteiger partial charge in [-0.1, -0.05) is 43.6 Å². The minimum atomic E-state index is -3.98. The number of nitrogens with zero attached hydrogens (tertiary/aromatic N) is 3. The minimum absolute atomic E-state index is 0.0233. The van der Waals surface area contributed by atoms with Gasteiger partial charge in [0.1, 0.15) is 0 Å². The van der Waals surface area contributed by atoms with Crippen molar-refractivity contribution in [3.63, 3.8) is 0 Å². The number of carbonyl (C=O) groups excluding carboxylic acids is 1. The summed E-state index contributed by atoms with van der Waals surface area (Å²) in [6.07, 6.45) is 3.69. The van der Waals surface area contributed by atoms with Crippen LogP contribution in [0.5, 0.6) is 0 Å². The molecule has 0 unspecified atom stereocenters. The van der Waals surface area contributed by atoms with Crippen LogP contribution in [0.4, 0.5) is 5.69 Å². The third kappa shape index (κ3) is 4.23. The highest BCUT2D eigenvalue weighted by Gasteiger charge is 2.38. The van der Waals surface area contributed by atoms with E-state index in [2.05, 4.69) is 35.3 Å². The number of fused-ring (bicyclic) bond motifs is 1. The van der Waals surface area contributed by atoms with Crippen LogP contribution in [-0.4, -0.2) is 38.0 Å². The minimum Gasteiger partial charge on any atom is -0.347 e. The van der Waals surface area contributed by atoms with Crippen molar-refractivity contribution in [2.45, 2.75) is 31.1 Å². The number of rotatable bonds is 4. The van der Waals surface area contributed by atoms with E-state index in [-0.39, 0.29) is 21.4 Å². The number of hydrogen-bond acceptors (Lipinski definition) is 5. The molecule has 0 aliphatic carbocycles. The van der Waals surface area contributed by atoms with Gasteiger partial charge in [-0.25, -0.2) is 0 Å². The van der Waals surface area contributed by atoms with Crippen molar-refractivity contribution in [2.75, 3.05) is 18.5 Å². The average molecular weight is 502 g/mol. The van der Waals surface area contributed by atoms with Gasteiger partial charge in [0.05, 0.1) is 9.80 Å². The first kappa shape index (κ1) is 23.6. The van der Waals surface area contributed by atoms with Crippen LogP contribution in [0.1, 0.15) is 26.3 Å². The van der Waals surface area contributed by atoms with Crippen LogP contribution in [0.25, 0.3) is 0 Å². The standard InChI is InChI=1S/C24H24ClN3O3S2/c1-5-28-22(29)20(32-23(28)26-33(30,31)17-12-10-16(25)11-13-17)14-15-21-24(2,3)18-8-6-7-9-19(18)27(21)4/h6-15H,5H2,1-4H3/b20-14-,21-15+,26-23-. The highest BCUT2D eigenvalue weighted by atomic mass is 35.5. The second-order valence-corrected chi connectivity index (χ2v) is 11.3.